The predicted octanol–water partition coefficient (Wildman–Crippen LogP) is -0.151. The van der Waals surface area contributed by atoms with Crippen LogP contribution in [0, 0.1) is 5.82 Å². The molecule has 0 radical (unpaired) electrons. The molecule has 2 fully saturated rings. The van der Waals surface area contributed by atoms with Crippen molar-refractivity contribution in [3.05, 3.63) is 136 Å². The summed E-state index contributed by atoms with van der Waals surface area (Å²) in [6.07, 6.45) is 0.430. The predicted molar refractivity (Wildman–Crippen MR) is 463 cm³/mol. The zero-order valence-electron chi connectivity index (χ0n) is 73.3. The van der Waals surface area contributed by atoms with Gasteiger partial charge in [0.15, 0.2) is 0 Å². The second-order valence-electron chi connectivity index (χ2n) is 32.9. The van der Waals surface area contributed by atoms with Gasteiger partial charge in [0.05, 0.1) is 59.0 Å². The highest BCUT2D eigenvalue weighted by atomic mass is 19.1. The van der Waals surface area contributed by atoms with Crippen LogP contribution in [0.25, 0.3) is 10.9 Å². The van der Waals surface area contributed by atoms with E-state index < -0.39 is 169 Å². The van der Waals surface area contributed by atoms with Gasteiger partial charge in [0.1, 0.15) is 79.2 Å². The van der Waals surface area contributed by atoms with Gasteiger partial charge in [0, 0.05) is 127 Å². The number of aliphatic hydroxyl groups excluding tert-OH is 1. The first-order valence-corrected chi connectivity index (χ1v) is 44.0. The van der Waals surface area contributed by atoms with E-state index in [2.05, 4.69) is 58.5 Å². The Hall–Kier alpha value is -12.0. The van der Waals surface area contributed by atoms with Crippen LogP contribution in [0.15, 0.2) is 97.2 Å². The summed E-state index contributed by atoms with van der Waals surface area (Å²) in [6, 6.07) is 13.1. The summed E-state index contributed by atoms with van der Waals surface area (Å²) in [7, 11) is 1.48. The van der Waals surface area contributed by atoms with E-state index in [-0.39, 0.29) is 168 Å². The van der Waals surface area contributed by atoms with Crippen molar-refractivity contribution in [3.8, 4) is 5.75 Å². The highest BCUT2D eigenvalue weighted by Gasteiger charge is 2.50. The first-order valence-electron chi connectivity index (χ1n) is 44.0. The lowest BCUT2D eigenvalue weighted by molar-refractivity contribution is -0.148. The number of hydrogen-bond donors (Lipinski definition) is 13. The second kappa shape index (κ2) is 49.5. The lowest BCUT2D eigenvalue weighted by Gasteiger charge is -2.37. The van der Waals surface area contributed by atoms with Crippen molar-refractivity contribution in [2.75, 3.05) is 112 Å². The van der Waals surface area contributed by atoms with Crippen molar-refractivity contribution in [1.29, 1.82) is 0 Å². The Labute approximate surface area is 746 Å². The van der Waals surface area contributed by atoms with E-state index in [1.807, 2.05) is 28.8 Å². The van der Waals surface area contributed by atoms with Gasteiger partial charge in [0.2, 0.25) is 82.7 Å². The molecule has 0 aliphatic carbocycles. The summed E-state index contributed by atoms with van der Waals surface area (Å²) in [5.41, 5.74) is 2.46. The van der Waals surface area contributed by atoms with Crippen molar-refractivity contribution >= 4 is 99.6 Å². The molecule has 10 atom stereocenters. The molecule has 0 saturated carbocycles. The van der Waals surface area contributed by atoms with Crippen LogP contribution in [0.4, 0.5) is 4.39 Å². The molecule has 38 nitrogen and oxygen atoms in total. The minimum atomic E-state index is -1.89. The van der Waals surface area contributed by atoms with Gasteiger partial charge in [-0.25, -0.2) is 4.39 Å². The number of carboxylic acids is 1. The molecule has 6 aliphatic rings. The zero-order valence-corrected chi connectivity index (χ0v) is 73.3. The maximum atomic E-state index is 16.3. The third kappa shape index (κ3) is 30.0. The van der Waals surface area contributed by atoms with Gasteiger partial charge in [0.25, 0.3) is 0 Å². The molecule has 2 saturated heterocycles. The fourth-order valence-corrected chi connectivity index (χ4v) is 16.1. The van der Waals surface area contributed by atoms with Crippen molar-refractivity contribution in [1.82, 2.24) is 77.8 Å². The van der Waals surface area contributed by atoms with Crippen LogP contribution in [0.5, 0.6) is 5.75 Å². The molecule has 13 N–H and O–H groups in total. The molecule has 1 aromatic heterocycles. The van der Waals surface area contributed by atoms with E-state index in [1.165, 1.54) is 38.0 Å². The van der Waals surface area contributed by atoms with Crippen LogP contribution in [-0.2, 0) is 141 Å². The zero-order chi connectivity index (χ0) is 92.5. The second-order valence-corrected chi connectivity index (χ2v) is 32.9. The highest BCUT2D eigenvalue weighted by Crippen LogP contribution is 2.33. The summed E-state index contributed by atoms with van der Waals surface area (Å²) in [4.78, 5) is 218. The Morgan fingerprint density at radius 3 is 2.00 bits per heavy atom. The van der Waals surface area contributed by atoms with E-state index in [4.69, 9.17) is 33.5 Å². The number of aliphatic carboxylic acids is 1. The molecule has 11 rings (SSSR count). The Morgan fingerprint density at radius 1 is 0.612 bits per heavy atom. The molecule has 0 spiro atoms. The summed E-state index contributed by atoms with van der Waals surface area (Å²) < 4.78 is 51.4. The lowest BCUT2D eigenvalue weighted by Crippen LogP contribution is -2.64. The number of rotatable bonds is 26. The van der Waals surface area contributed by atoms with Crippen LogP contribution in [0.2, 0.25) is 0 Å². The molecule has 700 valence electrons. The number of amides is 14. The van der Waals surface area contributed by atoms with E-state index in [9.17, 15) is 48.3 Å². The number of carboxylic acid groups (broad SMARTS) is 1. The number of hydrogen-bond acceptors (Lipinski definition) is 22. The molecule has 5 aromatic rings. The summed E-state index contributed by atoms with van der Waals surface area (Å²) in [6.45, 7) is 3.07. The highest BCUT2D eigenvalue weighted by molar-refractivity contribution is 6.00. The monoisotopic (exact) mass is 1800 g/mol. The molecule has 12 bridgehead atoms. The smallest absolute Gasteiger partial charge is 0.303 e. The first-order chi connectivity index (χ1) is 62.0. The molecule has 6 aliphatic heterocycles. The minimum Gasteiger partial charge on any atom is -0.497 e. The average Bonchev–Trinajstić information content (AvgIpc) is 1.63. The summed E-state index contributed by atoms with van der Waals surface area (Å²) >= 11 is 0. The fourth-order valence-electron chi connectivity index (χ4n) is 16.1. The summed E-state index contributed by atoms with van der Waals surface area (Å²) in [5, 5.41) is 50.7. The van der Waals surface area contributed by atoms with Crippen molar-refractivity contribution in [2.24, 2.45) is 0 Å². The maximum Gasteiger partial charge on any atom is 0.303 e. The molecule has 0 unspecified atom stereocenters. The Kier molecular flexibility index (Phi) is 38.0. The number of halogens is 1. The molecule has 14 amide bonds. The average molecular weight is 1800 g/mol. The quantitative estimate of drug-likeness (QED) is 0.0320. The number of ether oxygens (including phenoxy) is 6. The number of methoxy groups -OCH3 is 1. The van der Waals surface area contributed by atoms with Crippen molar-refractivity contribution in [3.63, 3.8) is 0 Å². The Bertz CT molecular complexity index is 4750. The van der Waals surface area contributed by atoms with Crippen LogP contribution >= 0.6 is 0 Å². The van der Waals surface area contributed by atoms with Crippen LogP contribution < -0.4 is 63.2 Å². The van der Waals surface area contributed by atoms with Crippen LogP contribution in [0.3, 0.4) is 0 Å². The van der Waals surface area contributed by atoms with Gasteiger partial charge in [-0.05, 0) is 129 Å². The molecule has 39 heteroatoms. The molecular formula is C90H120FN15O23. The Morgan fingerprint density at radius 2 is 1.29 bits per heavy atom. The number of fused-ring (bicyclic) bond motifs is 16. The third-order valence-corrected chi connectivity index (χ3v) is 23.2. The van der Waals surface area contributed by atoms with Gasteiger partial charge in [-0.1, -0.05) is 73.5 Å². The molecule has 7 heterocycles. The number of benzene rings is 4. The molecular weight excluding hydrogens is 1680 g/mol. The van der Waals surface area contributed by atoms with Crippen LogP contribution in [0.1, 0.15) is 131 Å². The maximum absolute atomic E-state index is 16.3. The number of carbonyl (C=O) groups excluding carboxylic acids is 14. The van der Waals surface area contributed by atoms with E-state index in [0.717, 1.165) is 16.0 Å². The minimum absolute atomic E-state index is 0.0353. The Balaban J connectivity index is 0.952. The number of aryl methyl sites for hydroxylation is 1. The number of nitrogens with zero attached hydrogens (tertiary/aromatic N) is 4. The first kappa shape index (κ1) is 99.1. The van der Waals surface area contributed by atoms with Crippen molar-refractivity contribution in [2.45, 2.75) is 203 Å². The standard InChI is InChI=1S/C90H120FN15O23/c1-56-82(116)101-70(50-96-76(111)54-128-43-41-126-39-33-93-75(110)53-127-42-40-125-38-32-92-73(108)14-10-15-79(114)115)84(118)98-67-46-61-12-9-13-62(44-61)49-95-77(112)55-129-72-29-37-105-81(72)86(120)102-80(57(2)107)85(119)100-68(45-59-20-23-65(124-4)24-21-59)88(122)106-36-11-30-90(106,3)89(123)94-31-28-58-16-18-60(19-17-58)51-104(78(113)27-26-74(109)97-56)35-8-6-5-7-34-103-52-63(47-69(87(105)121)99-83(67)117)66-48-64(91)22-25-71(66)103/h9,12-13,16-25,44,48,52,56-57,67-70,72,80-81,107H,5-8,10-11,14-15,26-43,45-47,49-51,53-55H2,1-4H3,(H,92,108)(H,93,110)(H,94,123)(H,95,112)(H,96,111)(H,97,109)(H,98,118)(H,99,117)(H,100,119)(H,101,116)(H,102,120)(H,114,115)/t56-,57+,67-,68-,69-,70+,72-,80-,81-,90-/m0/s1. The molecule has 4 aromatic carbocycles. The van der Waals surface area contributed by atoms with Crippen molar-refractivity contribution < 1.29 is 115 Å². The number of carbonyl (C=O) groups is 15. The number of nitrogens with one attached hydrogen (secondary N) is 11. The SMILES string of the molecule is COc1ccc(C[C@@H]2NC(=O)[C@H]([C@@H](C)O)NC(=O)[C@@H]3[C@@H]4CCN3C(=O)[C@@H]3Cc5cn(c6ccc(F)cc56)CCCCCCN(Cc5ccc(cc5)CCNC(=O)[C@]5(C)CCCN5C2=O)C(=O)CCC(=O)N[C@@H](C)C(=O)N[C@H](CNC(=O)COCCOCCNC(=O)COCCOCCNC(=O)CCCC(=O)O)C(=O)N[C@@H](Cc2cccc(c2)CNC(=O)CO4)C(=O)N3)cc1. The number of aromatic nitrogens is 1. The van der Waals surface area contributed by atoms with Crippen LogP contribution in [-0.4, -0.2) is 291 Å². The van der Waals surface area contributed by atoms with Gasteiger partial charge < -0.3 is 116 Å². The fraction of sp³-hybridized carbons (Fsp3) is 0.544. The van der Waals surface area contributed by atoms with Gasteiger partial charge in [-0.15, -0.1) is 0 Å². The van der Waals surface area contributed by atoms with E-state index >= 15 is 33.2 Å². The van der Waals surface area contributed by atoms with E-state index in [1.54, 1.807) is 72.6 Å². The van der Waals surface area contributed by atoms with E-state index in [0.29, 0.717) is 84.0 Å². The van der Waals surface area contributed by atoms with Gasteiger partial charge in [-0.3, -0.25) is 71.9 Å². The van der Waals surface area contributed by atoms with Gasteiger partial charge >= 0.3 is 5.97 Å². The normalized spacial score (nSPS) is 22.9. The topological polar surface area (TPSA) is 499 Å². The number of aliphatic hydroxyl groups is 1. The lowest BCUT2D eigenvalue weighted by atomic mass is 9.95. The molecule has 129 heavy (non-hydrogen) atoms. The largest absolute Gasteiger partial charge is 0.497 e. The summed E-state index contributed by atoms with van der Waals surface area (Å²) in [5.74, 6) is -11.7. The van der Waals surface area contributed by atoms with Gasteiger partial charge in [-0.2, -0.15) is 0 Å². The third-order valence-electron chi connectivity index (χ3n) is 23.2.